The van der Waals surface area contributed by atoms with Crippen LogP contribution in [0.4, 0.5) is 0 Å². The highest BCUT2D eigenvalue weighted by molar-refractivity contribution is 6.31. The van der Waals surface area contributed by atoms with Gasteiger partial charge in [0.25, 0.3) is 0 Å². The van der Waals surface area contributed by atoms with Crippen LogP contribution >= 0.6 is 11.6 Å². The van der Waals surface area contributed by atoms with Crippen molar-refractivity contribution in [1.82, 2.24) is 19.7 Å². The van der Waals surface area contributed by atoms with E-state index in [-0.39, 0.29) is 5.92 Å². The lowest BCUT2D eigenvalue weighted by Gasteiger charge is -2.15. The fourth-order valence-corrected chi connectivity index (χ4v) is 4.14. The molecule has 1 aliphatic rings. The van der Waals surface area contributed by atoms with Crippen molar-refractivity contribution in [3.05, 3.63) is 76.8 Å². The van der Waals surface area contributed by atoms with E-state index in [1.165, 1.54) is 11.3 Å². The molecule has 0 N–H and O–H groups in total. The van der Waals surface area contributed by atoms with Crippen LogP contribution in [0.2, 0.25) is 5.02 Å². The lowest BCUT2D eigenvalue weighted by Crippen LogP contribution is -2.01. The van der Waals surface area contributed by atoms with Crippen LogP contribution in [0.25, 0.3) is 22.2 Å². The zero-order valence-electron chi connectivity index (χ0n) is 14.4. The van der Waals surface area contributed by atoms with Gasteiger partial charge in [-0.2, -0.15) is 5.10 Å². The molecule has 0 saturated carbocycles. The van der Waals surface area contributed by atoms with Crippen LogP contribution in [0, 0.1) is 6.92 Å². The highest BCUT2D eigenvalue weighted by atomic mass is 35.5. The maximum Gasteiger partial charge on any atom is 0.0739 e. The SMILES string of the molecule is Cc1cccc(-c2cnn3c2C(c2ccnc4cc(Cl)ccc24)CC3)n1. The molecular weight excluding hydrogens is 344 g/mol. The zero-order chi connectivity index (χ0) is 17.7. The van der Waals surface area contributed by atoms with E-state index in [0.717, 1.165) is 40.8 Å². The van der Waals surface area contributed by atoms with Gasteiger partial charge in [0.15, 0.2) is 0 Å². The highest BCUT2D eigenvalue weighted by Crippen LogP contribution is 2.41. The number of nitrogens with zero attached hydrogens (tertiary/aromatic N) is 4. The Morgan fingerprint density at radius 2 is 2.08 bits per heavy atom. The number of hydrogen-bond acceptors (Lipinski definition) is 3. The molecule has 0 spiro atoms. The van der Waals surface area contributed by atoms with E-state index < -0.39 is 0 Å². The average Bonchev–Trinajstić information content (AvgIpc) is 3.23. The second kappa shape index (κ2) is 5.92. The average molecular weight is 361 g/mol. The van der Waals surface area contributed by atoms with Crippen molar-refractivity contribution in [2.75, 3.05) is 0 Å². The Bertz CT molecular complexity index is 1130. The summed E-state index contributed by atoms with van der Waals surface area (Å²) in [6.45, 7) is 2.94. The van der Waals surface area contributed by atoms with Crippen molar-refractivity contribution in [3.63, 3.8) is 0 Å². The quantitative estimate of drug-likeness (QED) is 0.505. The van der Waals surface area contributed by atoms with Crippen LogP contribution in [0.3, 0.4) is 0 Å². The van der Waals surface area contributed by atoms with Crippen molar-refractivity contribution in [1.29, 1.82) is 0 Å². The Kier molecular flexibility index (Phi) is 3.54. The van der Waals surface area contributed by atoms with Gasteiger partial charge < -0.3 is 0 Å². The van der Waals surface area contributed by atoms with Gasteiger partial charge in [-0.05, 0) is 49.2 Å². The summed E-state index contributed by atoms with van der Waals surface area (Å²) in [5, 5.41) is 6.48. The topological polar surface area (TPSA) is 43.6 Å². The highest BCUT2D eigenvalue weighted by Gasteiger charge is 2.30. The van der Waals surface area contributed by atoms with E-state index in [1.807, 2.05) is 37.5 Å². The first-order valence-electron chi connectivity index (χ1n) is 8.74. The van der Waals surface area contributed by atoms with E-state index in [9.17, 15) is 0 Å². The number of halogens is 1. The first-order chi connectivity index (χ1) is 12.7. The first-order valence-corrected chi connectivity index (χ1v) is 9.12. The molecule has 1 aromatic carbocycles. The van der Waals surface area contributed by atoms with Gasteiger partial charge in [-0.15, -0.1) is 0 Å². The van der Waals surface area contributed by atoms with Crippen LogP contribution in [0.15, 0.2) is 54.9 Å². The van der Waals surface area contributed by atoms with E-state index in [2.05, 4.69) is 39.0 Å². The van der Waals surface area contributed by atoms with Crippen molar-refractivity contribution < 1.29 is 0 Å². The van der Waals surface area contributed by atoms with Crippen LogP contribution in [-0.2, 0) is 6.54 Å². The molecule has 0 radical (unpaired) electrons. The number of hydrogen-bond donors (Lipinski definition) is 0. The van der Waals surface area contributed by atoms with Gasteiger partial charge in [0, 0.05) is 40.3 Å². The number of rotatable bonds is 2. The van der Waals surface area contributed by atoms with Gasteiger partial charge in [0.05, 0.1) is 23.1 Å². The number of aromatic nitrogens is 4. The van der Waals surface area contributed by atoms with Gasteiger partial charge in [-0.25, -0.2) is 0 Å². The maximum atomic E-state index is 6.15. The molecule has 0 fully saturated rings. The number of pyridine rings is 2. The minimum Gasteiger partial charge on any atom is -0.268 e. The smallest absolute Gasteiger partial charge is 0.0739 e. The molecule has 3 aromatic heterocycles. The summed E-state index contributed by atoms with van der Waals surface area (Å²) in [4.78, 5) is 9.20. The summed E-state index contributed by atoms with van der Waals surface area (Å²) in [5.74, 6) is 0.279. The second-order valence-electron chi connectivity index (χ2n) is 6.73. The molecular formula is C21H17ClN4. The summed E-state index contributed by atoms with van der Waals surface area (Å²) in [6.07, 6.45) is 4.85. The van der Waals surface area contributed by atoms with Crippen molar-refractivity contribution in [2.45, 2.75) is 25.8 Å². The minimum atomic E-state index is 0.279. The molecule has 0 amide bonds. The van der Waals surface area contributed by atoms with Gasteiger partial charge >= 0.3 is 0 Å². The van der Waals surface area contributed by atoms with Crippen LogP contribution < -0.4 is 0 Å². The fraction of sp³-hybridized carbons (Fsp3) is 0.190. The number of aryl methyl sites for hydroxylation is 2. The second-order valence-corrected chi connectivity index (χ2v) is 7.17. The molecule has 4 aromatic rings. The predicted molar refractivity (Wildman–Crippen MR) is 103 cm³/mol. The normalized spacial score (nSPS) is 16.2. The summed E-state index contributed by atoms with van der Waals surface area (Å²) in [5.41, 5.74) is 6.57. The monoisotopic (exact) mass is 360 g/mol. The molecule has 26 heavy (non-hydrogen) atoms. The molecule has 5 heteroatoms. The molecule has 128 valence electrons. The molecule has 1 aliphatic heterocycles. The van der Waals surface area contributed by atoms with Crippen LogP contribution in [-0.4, -0.2) is 19.7 Å². The lowest BCUT2D eigenvalue weighted by molar-refractivity contribution is 0.649. The third-order valence-corrected chi connectivity index (χ3v) is 5.35. The summed E-state index contributed by atoms with van der Waals surface area (Å²) in [6, 6.07) is 14.2. The summed E-state index contributed by atoms with van der Waals surface area (Å²) < 4.78 is 2.12. The van der Waals surface area contributed by atoms with E-state index in [0.29, 0.717) is 5.02 Å². The lowest BCUT2D eigenvalue weighted by atomic mass is 9.89. The van der Waals surface area contributed by atoms with Crippen molar-refractivity contribution >= 4 is 22.5 Å². The van der Waals surface area contributed by atoms with Gasteiger partial charge in [0.2, 0.25) is 0 Å². The standard InChI is InChI=1S/C21H17ClN4/c1-13-3-2-4-19(25-13)18-12-24-26-10-8-17(21(18)26)15-7-9-23-20-11-14(22)5-6-16(15)20/h2-7,9,11-12,17H,8,10H2,1H3. The molecule has 0 saturated heterocycles. The maximum absolute atomic E-state index is 6.15. The van der Waals surface area contributed by atoms with Crippen molar-refractivity contribution in [3.8, 4) is 11.3 Å². The Morgan fingerprint density at radius 3 is 2.96 bits per heavy atom. The van der Waals surface area contributed by atoms with Gasteiger partial charge in [0.1, 0.15) is 0 Å². The predicted octanol–water partition coefficient (Wildman–Crippen LogP) is 4.99. The molecule has 0 bridgehead atoms. The third kappa shape index (κ3) is 2.41. The largest absolute Gasteiger partial charge is 0.268 e. The molecule has 5 rings (SSSR count). The zero-order valence-corrected chi connectivity index (χ0v) is 15.1. The Balaban J connectivity index is 1.69. The Morgan fingerprint density at radius 1 is 1.15 bits per heavy atom. The van der Waals surface area contributed by atoms with Gasteiger partial charge in [-0.1, -0.05) is 23.7 Å². The van der Waals surface area contributed by atoms with E-state index >= 15 is 0 Å². The minimum absolute atomic E-state index is 0.279. The van der Waals surface area contributed by atoms with Gasteiger partial charge in [-0.3, -0.25) is 14.6 Å². The molecule has 0 aliphatic carbocycles. The molecule has 4 nitrogen and oxygen atoms in total. The van der Waals surface area contributed by atoms with E-state index in [4.69, 9.17) is 16.6 Å². The summed E-state index contributed by atoms with van der Waals surface area (Å²) in [7, 11) is 0. The van der Waals surface area contributed by atoms with Crippen molar-refractivity contribution in [2.24, 2.45) is 0 Å². The molecule has 1 unspecified atom stereocenters. The van der Waals surface area contributed by atoms with E-state index in [1.54, 1.807) is 0 Å². The Hall–Kier alpha value is -2.72. The number of fused-ring (bicyclic) bond motifs is 2. The van der Waals surface area contributed by atoms with Crippen LogP contribution in [0.1, 0.15) is 29.3 Å². The first kappa shape index (κ1) is 15.5. The molecule has 1 atom stereocenters. The Labute approximate surface area is 156 Å². The summed E-state index contributed by atoms with van der Waals surface area (Å²) >= 11 is 6.15. The molecule has 4 heterocycles. The fourth-order valence-electron chi connectivity index (χ4n) is 3.97. The third-order valence-electron chi connectivity index (χ3n) is 5.12. The number of benzene rings is 1. The van der Waals surface area contributed by atoms with Crippen LogP contribution in [0.5, 0.6) is 0 Å².